The largest absolute Gasteiger partial charge is 0.0839 e. The van der Waals surface area contributed by atoms with Gasteiger partial charge in [0.25, 0.3) is 0 Å². The first-order chi connectivity index (χ1) is 7.70. The topological polar surface area (TPSA) is 0 Å². The van der Waals surface area contributed by atoms with Crippen LogP contribution in [0.5, 0.6) is 0 Å². The molecule has 16 heavy (non-hydrogen) atoms. The average Bonchev–Trinajstić information content (AvgIpc) is 2.33. The molecule has 0 aromatic heterocycles. The molecular weight excluding hydrogens is 192 g/mol. The van der Waals surface area contributed by atoms with Crippen LogP contribution in [0, 0.1) is 23.7 Å². The van der Waals surface area contributed by atoms with Crippen molar-refractivity contribution in [3.8, 4) is 0 Å². The Hall–Kier alpha value is -1.04. The van der Waals surface area contributed by atoms with Crippen LogP contribution in [0.25, 0.3) is 0 Å². The molecular formula is C16H22. The molecule has 0 saturated carbocycles. The number of hydrogen-bond donors (Lipinski definition) is 0. The zero-order chi connectivity index (χ0) is 11.5. The molecule has 86 valence electrons. The lowest BCUT2D eigenvalue weighted by atomic mass is 9.73. The van der Waals surface area contributed by atoms with Gasteiger partial charge in [-0.15, -0.1) is 0 Å². The lowest BCUT2D eigenvalue weighted by Gasteiger charge is -2.32. The second-order valence-electron chi connectivity index (χ2n) is 5.20. The Kier molecular flexibility index (Phi) is 3.48. The molecule has 0 aromatic carbocycles. The highest BCUT2D eigenvalue weighted by molar-refractivity contribution is 5.26. The van der Waals surface area contributed by atoms with Gasteiger partial charge in [0.05, 0.1) is 0 Å². The minimum atomic E-state index is 0.670. The second kappa shape index (κ2) is 4.86. The van der Waals surface area contributed by atoms with Crippen LogP contribution in [-0.2, 0) is 0 Å². The van der Waals surface area contributed by atoms with Gasteiger partial charge >= 0.3 is 0 Å². The maximum Gasteiger partial charge on any atom is -0.0132 e. The molecule has 0 bridgehead atoms. The summed E-state index contributed by atoms with van der Waals surface area (Å²) in [6.07, 6.45) is 17.1. The summed E-state index contributed by atoms with van der Waals surface area (Å²) >= 11 is 0. The first-order valence-electron chi connectivity index (χ1n) is 6.41. The third kappa shape index (κ3) is 2.21. The maximum absolute atomic E-state index is 2.38. The summed E-state index contributed by atoms with van der Waals surface area (Å²) in [4.78, 5) is 0. The summed E-state index contributed by atoms with van der Waals surface area (Å²) in [5.41, 5.74) is 1.62. The van der Waals surface area contributed by atoms with Crippen molar-refractivity contribution in [3.05, 3.63) is 48.1 Å². The van der Waals surface area contributed by atoms with E-state index in [1.54, 1.807) is 5.57 Å². The van der Waals surface area contributed by atoms with Crippen LogP contribution >= 0.6 is 0 Å². The monoisotopic (exact) mass is 214 g/mol. The van der Waals surface area contributed by atoms with Crippen LogP contribution in [0.1, 0.15) is 27.2 Å². The molecule has 0 N–H and O–H groups in total. The van der Waals surface area contributed by atoms with Gasteiger partial charge in [-0.05, 0) is 30.1 Å². The normalized spacial score (nSPS) is 34.9. The van der Waals surface area contributed by atoms with Crippen LogP contribution < -0.4 is 0 Å². The van der Waals surface area contributed by atoms with Gasteiger partial charge in [-0.1, -0.05) is 68.9 Å². The van der Waals surface area contributed by atoms with E-state index >= 15 is 0 Å². The number of allylic oxidation sites excluding steroid dienone is 8. The van der Waals surface area contributed by atoms with Gasteiger partial charge in [-0.2, -0.15) is 0 Å². The van der Waals surface area contributed by atoms with Crippen molar-refractivity contribution < 1.29 is 0 Å². The molecule has 0 spiro atoms. The van der Waals surface area contributed by atoms with Crippen molar-refractivity contribution in [1.29, 1.82) is 0 Å². The first kappa shape index (κ1) is 11.4. The summed E-state index contributed by atoms with van der Waals surface area (Å²) < 4.78 is 0. The summed E-state index contributed by atoms with van der Waals surface area (Å²) in [6.45, 7) is 7.05. The van der Waals surface area contributed by atoms with E-state index in [4.69, 9.17) is 0 Å². The van der Waals surface area contributed by atoms with Gasteiger partial charge in [-0.25, -0.2) is 0 Å². The minimum absolute atomic E-state index is 0.670. The summed E-state index contributed by atoms with van der Waals surface area (Å²) in [5, 5.41) is 0. The SMILES string of the molecule is CC1C=CC=C(C(C)C2C=CC=CC2)C1C. The van der Waals surface area contributed by atoms with E-state index in [2.05, 4.69) is 63.3 Å². The van der Waals surface area contributed by atoms with Crippen molar-refractivity contribution in [2.24, 2.45) is 23.7 Å². The predicted molar refractivity (Wildman–Crippen MR) is 71.1 cm³/mol. The van der Waals surface area contributed by atoms with E-state index in [9.17, 15) is 0 Å². The molecule has 0 aliphatic heterocycles. The van der Waals surface area contributed by atoms with E-state index < -0.39 is 0 Å². The molecule has 2 rings (SSSR count). The average molecular weight is 214 g/mol. The molecule has 4 unspecified atom stereocenters. The van der Waals surface area contributed by atoms with E-state index in [0.29, 0.717) is 23.7 Å². The molecule has 0 fully saturated rings. The Morgan fingerprint density at radius 3 is 2.62 bits per heavy atom. The van der Waals surface area contributed by atoms with Gasteiger partial charge < -0.3 is 0 Å². The van der Waals surface area contributed by atoms with E-state index in [1.807, 2.05) is 0 Å². The van der Waals surface area contributed by atoms with Crippen LogP contribution in [0.15, 0.2) is 48.1 Å². The van der Waals surface area contributed by atoms with Crippen LogP contribution in [0.3, 0.4) is 0 Å². The maximum atomic E-state index is 2.38. The van der Waals surface area contributed by atoms with Crippen molar-refractivity contribution in [2.45, 2.75) is 27.2 Å². The molecule has 0 aromatic rings. The Balaban J connectivity index is 2.12. The zero-order valence-electron chi connectivity index (χ0n) is 10.6. The third-order valence-corrected chi connectivity index (χ3v) is 4.20. The lowest BCUT2D eigenvalue weighted by Crippen LogP contribution is -2.21. The summed E-state index contributed by atoms with van der Waals surface area (Å²) in [6, 6.07) is 0. The lowest BCUT2D eigenvalue weighted by molar-refractivity contribution is 0.403. The van der Waals surface area contributed by atoms with E-state index in [-0.39, 0.29) is 0 Å². The Morgan fingerprint density at radius 1 is 1.12 bits per heavy atom. The van der Waals surface area contributed by atoms with Crippen molar-refractivity contribution in [3.63, 3.8) is 0 Å². The standard InChI is InChI=1S/C16H22/c1-12-8-7-11-16(13(12)2)14(3)15-9-5-4-6-10-15/h4-9,11-15H,10H2,1-3H3. The Labute approximate surface area is 99.4 Å². The molecule has 0 heteroatoms. The van der Waals surface area contributed by atoms with Gasteiger partial charge in [0, 0.05) is 0 Å². The highest BCUT2D eigenvalue weighted by Crippen LogP contribution is 2.36. The summed E-state index contributed by atoms with van der Waals surface area (Å²) in [5.74, 6) is 2.74. The highest BCUT2D eigenvalue weighted by Gasteiger charge is 2.25. The van der Waals surface area contributed by atoms with E-state index in [0.717, 1.165) is 0 Å². The van der Waals surface area contributed by atoms with Crippen LogP contribution in [-0.4, -0.2) is 0 Å². The van der Waals surface area contributed by atoms with Gasteiger partial charge in [0.2, 0.25) is 0 Å². The fourth-order valence-electron chi connectivity index (χ4n) is 2.75. The second-order valence-corrected chi connectivity index (χ2v) is 5.20. The molecule has 2 aliphatic rings. The Bertz CT molecular complexity index is 354. The van der Waals surface area contributed by atoms with Gasteiger partial charge in [0.1, 0.15) is 0 Å². The van der Waals surface area contributed by atoms with Crippen LogP contribution in [0.2, 0.25) is 0 Å². The number of hydrogen-bond acceptors (Lipinski definition) is 0. The van der Waals surface area contributed by atoms with Gasteiger partial charge in [0.15, 0.2) is 0 Å². The van der Waals surface area contributed by atoms with Gasteiger partial charge in [-0.3, -0.25) is 0 Å². The molecule has 0 amide bonds. The third-order valence-electron chi connectivity index (χ3n) is 4.20. The summed E-state index contributed by atoms with van der Waals surface area (Å²) in [7, 11) is 0. The highest BCUT2D eigenvalue weighted by atomic mass is 14.3. The zero-order valence-corrected chi connectivity index (χ0v) is 10.6. The van der Waals surface area contributed by atoms with Crippen molar-refractivity contribution in [1.82, 2.24) is 0 Å². The molecule has 0 nitrogen and oxygen atoms in total. The fraction of sp³-hybridized carbons (Fsp3) is 0.500. The molecule has 4 atom stereocenters. The fourth-order valence-corrected chi connectivity index (χ4v) is 2.75. The number of rotatable bonds is 2. The molecule has 0 saturated heterocycles. The van der Waals surface area contributed by atoms with E-state index in [1.165, 1.54) is 6.42 Å². The van der Waals surface area contributed by atoms with Crippen molar-refractivity contribution in [2.75, 3.05) is 0 Å². The quantitative estimate of drug-likeness (QED) is 0.634. The first-order valence-corrected chi connectivity index (χ1v) is 6.41. The minimum Gasteiger partial charge on any atom is -0.0839 e. The smallest absolute Gasteiger partial charge is 0.0132 e. The van der Waals surface area contributed by atoms with Crippen molar-refractivity contribution >= 4 is 0 Å². The Morgan fingerprint density at radius 2 is 1.94 bits per heavy atom. The predicted octanol–water partition coefficient (Wildman–Crippen LogP) is 4.52. The molecule has 2 aliphatic carbocycles. The molecule has 0 radical (unpaired) electrons. The van der Waals surface area contributed by atoms with Crippen LogP contribution in [0.4, 0.5) is 0 Å². The molecule has 0 heterocycles.